The Balaban J connectivity index is 1.77. The van der Waals surface area contributed by atoms with Crippen LogP contribution in [0.1, 0.15) is 12.8 Å². The van der Waals surface area contributed by atoms with E-state index in [9.17, 15) is 26.8 Å². The van der Waals surface area contributed by atoms with Crippen LogP contribution in [0.15, 0.2) is 18.2 Å². The van der Waals surface area contributed by atoms with Gasteiger partial charge in [-0.1, -0.05) is 0 Å². The fourth-order valence-electron chi connectivity index (χ4n) is 2.25. The second-order valence-electron chi connectivity index (χ2n) is 5.31. The first-order valence-corrected chi connectivity index (χ1v) is 8.68. The molecule has 0 aliphatic carbocycles. The van der Waals surface area contributed by atoms with Gasteiger partial charge in [0.25, 0.3) is 5.91 Å². The second kappa shape index (κ2) is 7.03. The van der Waals surface area contributed by atoms with Crippen molar-refractivity contribution in [3.63, 3.8) is 0 Å². The van der Waals surface area contributed by atoms with E-state index < -0.39 is 40.0 Å². The van der Waals surface area contributed by atoms with Crippen molar-refractivity contribution in [3.8, 4) is 0 Å². The number of benzene rings is 1. The third-order valence-corrected chi connectivity index (χ3v) is 5.19. The van der Waals surface area contributed by atoms with Gasteiger partial charge in [0.05, 0.1) is 17.2 Å². The highest BCUT2D eigenvalue weighted by atomic mass is 32.2. The molecule has 1 N–H and O–H groups in total. The lowest BCUT2D eigenvalue weighted by molar-refractivity contribution is -0.148. The van der Waals surface area contributed by atoms with Crippen molar-refractivity contribution in [2.45, 2.75) is 12.8 Å². The Hall–Kier alpha value is -2.03. The molecule has 1 aromatic rings. The molecule has 1 saturated heterocycles. The summed E-state index contributed by atoms with van der Waals surface area (Å²) < 4.78 is 53.3. The topological polar surface area (TPSA) is 89.5 Å². The van der Waals surface area contributed by atoms with Crippen molar-refractivity contribution in [2.75, 3.05) is 23.4 Å². The predicted molar refractivity (Wildman–Crippen MR) is 77.3 cm³/mol. The van der Waals surface area contributed by atoms with Crippen LogP contribution in [-0.2, 0) is 24.2 Å². The highest BCUT2D eigenvalue weighted by Crippen LogP contribution is 2.22. The molecule has 23 heavy (non-hydrogen) atoms. The smallest absolute Gasteiger partial charge is 0.306 e. The summed E-state index contributed by atoms with van der Waals surface area (Å²) in [5.41, 5.74) is -0.227. The number of ether oxygens (including phenoxy) is 1. The van der Waals surface area contributed by atoms with Crippen molar-refractivity contribution in [3.05, 3.63) is 29.8 Å². The molecule has 0 radical (unpaired) electrons. The number of hydrogen-bond donors (Lipinski definition) is 1. The van der Waals surface area contributed by atoms with Gasteiger partial charge in [0, 0.05) is 12.5 Å². The number of anilines is 1. The fraction of sp³-hybridized carbons (Fsp3) is 0.429. The van der Waals surface area contributed by atoms with E-state index in [1.807, 2.05) is 0 Å². The Morgan fingerprint density at radius 1 is 1.30 bits per heavy atom. The summed E-state index contributed by atoms with van der Waals surface area (Å²) in [4.78, 5) is 23.1. The molecule has 126 valence electrons. The molecule has 6 nitrogen and oxygen atoms in total. The Morgan fingerprint density at radius 3 is 2.65 bits per heavy atom. The molecule has 1 heterocycles. The van der Waals surface area contributed by atoms with Crippen molar-refractivity contribution in [1.82, 2.24) is 0 Å². The van der Waals surface area contributed by atoms with Gasteiger partial charge in [-0.2, -0.15) is 0 Å². The van der Waals surface area contributed by atoms with Crippen LogP contribution in [-0.4, -0.2) is 38.4 Å². The van der Waals surface area contributed by atoms with E-state index in [4.69, 9.17) is 4.74 Å². The number of nitrogens with one attached hydrogen (secondary N) is 1. The maximum Gasteiger partial charge on any atom is 0.306 e. The van der Waals surface area contributed by atoms with Gasteiger partial charge in [-0.3, -0.25) is 9.59 Å². The summed E-state index contributed by atoms with van der Waals surface area (Å²) in [6.07, 6.45) is 0.307. The minimum Gasteiger partial charge on any atom is -0.456 e. The molecule has 0 aromatic heterocycles. The number of carbonyl (C=O) groups is 2. The largest absolute Gasteiger partial charge is 0.456 e. The van der Waals surface area contributed by atoms with Crippen LogP contribution < -0.4 is 5.32 Å². The van der Waals surface area contributed by atoms with Crippen LogP contribution in [0.3, 0.4) is 0 Å². The van der Waals surface area contributed by atoms with Crippen LogP contribution in [0.5, 0.6) is 0 Å². The highest BCUT2D eigenvalue weighted by molar-refractivity contribution is 7.91. The first-order chi connectivity index (χ1) is 10.7. The SMILES string of the molecule is O=C(COC(=O)C[C@H]1CCS(=O)(=O)C1)Nc1ccc(F)cc1F. The maximum absolute atomic E-state index is 13.3. The fourth-order valence-corrected chi connectivity index (χ4v) is 4.11. The Bertz CT molecular complexity index is 720. The van der Waals surface area contributed by atoms with E-state index in [0.29, 0.717) is 12.5 Å². The number of halogens is 2. The van der Waals surface area contributed by atoms with Crippen LogP contribution in [0, 0.1) is 17.6 Å². The molecular formula is C14H15F2NO5S. The Morgan fingerprint density at radius 2 is 2.04 bits per heavy atom. The van der Waals surface area contributed by atoms with Gasteiger partial charge < -0.3 is 10.1 Å². The van der Waals surface area contributed by atoms with E-state index in [2.05, 4.69) is 5.32 Å². The molecule has 9 heteroatoms. The summed E-state index contributed by atoms with van der Waals surface area (Å²) in [6.45, 7) is -0.630. The van der Waals surface area contributed by atoms with Gasteiger partial charge in [-0.05, 0) is 24.5 Å². The van der Waals surface area contributed by atoms with Crippen LogP contribution in [0.2, 0.25) is 0 Å². The number of amides is 1. The van der Waals surface area contributed by atoms with E-state index in [1.54, 1.807) is 0 Å². The molecule has 1 atom stereocenters. The summed E-state index contributed by atoms with van der Waals surface area (Å²) in [5, 5.41) is 2.15. The average molecular weight is 347 g/mol. The van der Waals surface area contributed by atoms with Crippen molar-refractivity contribution in [2.24, 2.45) is 5.92 Å². The molecule has 0 spiro atoms. The standard InChI is InChI=1S/C14H15F2NO5S/c15-10-1-2-12(11(16)6-10)17-13(18)7-22-14(19)5-9-3-4-23(20,21)8-9/h1-2,6,9H,3-5,7-8H2,(H,17,18)/t9-/m1/s1. The molecule has 2 rings (SSSR count). The van der Waals surface area contributed by atoms with E-state index in [-0.39, 0.29) is 29.5 Å². The first-order valence-electron chi connectivity index (χ1n) is 6.86. The van der Waals surface area contributed by atoms with Gasteiger partial charge in [0.15, 0.2) is 16.4 Å². The molecular weight excluding hydrogens is 332 g/mol. The molecule has 1 fully saturated rings. The van der Waals surface area contributed by atoms with E-state index >= 15 is 0 Å². The first kappa shape index (κ1) is 17.3. The van der Waals surface area contributed by atoms with E-state index in [1.165, 1.54) is 0 Å². The van der Waals surface area contributed by atoms with Crippen molar-refractivity contribution >= 4 is 27.4 Å². The summed E-state index contributed by atoms with van der Waals surface area (Å²) >= 11 is 0. The van der Waals surface area contributed by atoms with Gasteiger partial charge in [0.1, 0.15) is 11.6 Å². The normalized spacial score (nSPS) is 19.3. The molecule has 1 amide bonds. The Kier molecular flexibility index (Phi) is 5.30. The minimum absolute atomic E-state index is 0.0509. The van der Waals surface area contributed by atoms with Crippen LogP contribution in [0.25, 0.3) is 0 Å². The van der Waals surface area contributed by atoms with Crippen LogP contribution in [0.4, 0.5) is 14.5 Å². The lowest BCUT2D eigenvalue weighted by Gasteiger charge is -2.09. The second-order valence-corrected chi connectivity index (χ2v) is 7.53. The van der Waals surface area contributed by atoms with E-state index in [0.717, 1.165) is 12.1 Å². The maximum atomic E-state index is 13.3. The zero-order valence-electron chi connectivity index (χ0n) is 12.1. The van der Waals surface area contributed by atoms with Gasteiger partial charge in [0.2, 0.25) is 0 Å². The predicted octanol–water partition coefficient (Wildman–Crippen LogP) is 1.27. The number of carbonyl (C=O) groups excluding carboxylic acids is 2. The van der Waals surface area contributed by atoms with Crippen molar-refractivity contribution < 1.29 is 31.5 Å². The number of esters is 1. The molecule has 0 bridgehead atoms. The quantitative estimate of drug-likeness (QED) is 0.810. The lowest BCUT2D eigenvalue weighted by atomic mass is 10.1. The lowest BCUT2D eigenvalue weighted by Crippen LogP contribution is -2.22. The monoisotopic (exact) mass is 347 g/mol. The number of sulfone groups is 1. The molecule has 0 unspecified atom stereocenters. The van der Waals surface area contributed by atoms with Gasteiger partial charge >= 0.3 is 5.97 Å². The van der Waals surface area contributed by atoms with Gasteiger partial charge in [-0.15, -0.1) is 0 Å². The van der Waals surface area contributed by atoms with Crippen LogP contribution >= 0.6 is 0 Å². The molecule has 1 aliphatic heterocycles. The van der Waals surface area contributed by atoms with Crippen molar-refractivity contribution in [1.29, 1.82) is 0 Å². The Labute approximate surface area is 131 Å². The average Bonchev–Trinajstić information content (AvgIpc) is 2.79. The third-order valence-electron chi connectivity index (χ3n) is 3.35. The highest BCUT2D eigenvalue weighted by Gasteiger charge is 2.30. The molecule has 1 aliphatic rings. The zero-order chi connectivity index (χ0) is 17.0. The molecule has 1 aromatic carbocycles. The third kappa shape index (κ3) is 5.27. The summed E-state index contributed by atoms with van der Waals surface area (Å²) in [7, 11) is -3.08. The number of rotatable bonds is 5. The molecule has 0 saturated carbocycles. The minimum atomic E-state index is -3.08. The zero-order valence-corrected chi connectivity index (χ0v) is 12.9. The summed E-state index contributed by atoms with van der Waals surface area (Å²) in [5.74, 6) is -3.50. The number of hydrogen-bond acceptors (Lipinski definition) is 5. The van der Waals surface area contributed by atoms with Gasteiger partial charge in [-0.25, -0.2) is 17.2 Å². The summed E-state index contributed by atoms with van der Waals surface area (Å²) in [6, 6.07) is 2.64.